The van der Waals surface area contributed by atoms with Crippen LogP contribution >= 0.6 is 0 Å². The quantitative estimate of drug-likeness (QED) is 0.776. The maximum Gasteiger partial charge on any atom is 0.161 e. The van der Waals surface area contributed by atoms with Gasteiger partial charge in [0, 0.05) is 19.1 Å². The number of fused-ring (bicyclic) bond motifs is 3. The van der Waals surface area contributed by atoms with Gasteiger partial charge in [-0.05, 0) is 59.9 Å². The maximum atomic E-state index is 10.8. The first-order valence-electron chi connectivity index (χ1n) is 10.8. The lowest BCUT2D eigenvalue weighted by atomic mass is 9.79. The van der Waals surface area contributed by atoms with Gasteiger partial charge in [0.05, 0.1) is 13.2 Å². The van der Waals surface area contributed by atoms with Crippen LogP contribution in [0.2, 0.25) is 0 Å². The minimum atomic E-state index is -0.232. The van der Waals surface area contributed by atoms with Gasteiger partial charge in [-0.15, -0.1) is 0 Å². The van der Waals surface area contributed by atoms with E-state index < -0.39 is 0 Å². The Labute approximate surface area is 174 Å². The van der Waals surface area contributed by atoms with Crippen LogP contribution in [0.4, 0.5) is 0 Å². The molecule has 0 radical (unpaired) electrons. The summed E-state index contributed by atoms with van der Waals surface area (Å²) in [6.45, 7) is 7.04. The third-order valence-corrected chi connectivity index (χ3v) is 6.38. The highest BCUT2D eigenvalue weighted by atomic mass is 16.5. The van der Waals surface area contributed by atoms with Crippen LogP contribution in [0.1, 0.15) is 49.4 Å². The van der Waals surface area contributed by atoms with Crippen molar-refractivity contribution in [2.75, 3.05) is 20.2 Å². The fourth-order valence-electron chi connectivity index (χ4n) is 4.94. The van der Waals surface area contributed by atoms with Crippen LogP contribution in [-0.4, -0.2) is 36.3 Å². The zero-order chi connectivity index (χ0) is 20.4. The Morgan fingerprint density at radius 3 is 2.66 bits per heavy atom. The number of piperidine rings is 1. The third-order valence-electron chi connectivity index (χ3n) is 6.38. The molecule has 0 spiro atoms. The summed E-state index contributed by atoms with van der Waals surface area (Å²) in [5.74, 6) is 2.58. The smallest absolute Gasteiger partial charge is 0.161 e. The average Bonchev–Trinajstić information content (AvgIpc) is 2.72. The highest BCUT2D eigenvalue weighted by Gasteiger charge is 2.38. The number of hydrogen-bond donors (Lipinski definition) is 1. The molecule has 4 nitrogen and oxygen atoms in total. The number of ether oxygens (including phenoxy) is 2. The molecular weight excluding hydrogens is 362 g/mol. The molecule has 2 aromatic carbocycles. The molecule has 4 rings (SSSR count). The highest BCUT2D eigenvalue weighted by Crippen LogP contribution is 2.43. The van der Waals surface area contributed by atoms with Crippen LogP contribution < -0.4 is 9.47 Å². The molecule has 2 aliphatic heterocycles. The number of aliphatic hydroxyl groups excluding tert-OH is 1. The zero-order valence-electron chi connectivity index (χ0n) is 17.8. The highest BCUT2D eigenvalue weighted by molar-refractivity contribution is 5.49. The summed E-state index contributed by atoms with van der Waals surface area (Å²) in [5.41, 5.74) is 3.76. The summed E-state index contributed by atoms with van der Waals surface area (Å²) in [6.07, 6.45) is 2.68. The molecule has 2 heterocycles. The second-order valence-electron chi connectivity index (χ2n) is 8.93. The van der Waals surface area contributed by atoms with Gasteiger partial charge in [0.2, 0.25) is 0 Å². The molecule has 3 unspecified atom stereocenters. The lowest BCUT2D eigenvalue weighted by molar-refractivity contribution is -0.0191. The van der Waals surface area contributed by atoms with E-state index in [4.69, 9.17) is 9.47 Å². The van der Waals surface area contributed by atoms with Crippen LogP contribution in [0.3, 0.4) is 0 Å². The molecule has 29 heavy (non-hydrogen) atoms. The van der Waals surface area contributed by atoms with E-state index in [-0.39, 0.29) is 12.1 Å². The Balaban J connectivity index is 1.54. The van der Waals surface area contributed by atoms with Crippen LogP contribution in [0.15, 0.2) is 42.5 Å². The summed E-state index contributed by atoms with van der Waals surface area (Å²) in [7, 11) is 1.70. The van der Waals surface area contributed by atoms with Crippen molar-refractivity contribution in [2.24, 2.45) is 11.8 Å². The van der Waals surface area contributed by atoms with E-state index in [1.54, 1.807) is 7.11 Å². The molecular formula is C25H33NO3. The Morgan fingerprint density at radius 2 is 1.93 bits per heavy atom. The van der Waals surface area contributed by atoms with Gasteiger partial charge in [0.25, 0.3) is 0 Å². The molecule has 0 bridgehead atoms. The predicted octanol–water partition coefficient (Wildman–Crippen LogP) is 4.60. The van der Waals surface area contributed by atoms with Gasteiger partial charge in [-0.1, -0.05) is 44.2 Å². The number of methoxy groups -OCH3 is 1. The first kappa shape index (κ1) is 20.2. The minimum Gasteiger partial charge on any atom is -0.493 e. The van der Waals surface area contributed by atoms with Crippen molar-refractivity contribution in [3.05, 3.63) is 59.2 Å². The molecule has 2 aliphatic rings. The summed E-state index contributed by atoms with van der Waals surface area (Å²) in [5, 5.41) is 10.8. The number of benzene rings is 2. The Hall–Kier alpha value is -2.04. The van der Waals surface area contributed by atoms with Gasteiger partial charge in [-0.3, -0.25) is 4.90 Å². The van der Waals surface area contributed by atoms with Crippen molar-refractivity contribution < 1.29 is 14.6 Å². The number of nitrogens with zero attached hydrogens (tertiary/aromatic N) is 1. The summed E-state index contributed by atoms with van der Waals surface area (Å²) < 4.78 is 11.8. The van der Waals surface area contributed by atoms with Crippen LogP contribution in [-0.2, 0) is 13.0 Å². The van der Waals surface area contributed by atoms with Gasteiger partial charge in [-0.2, -0.15) is 0 Å². The maximum absolute atomic E-state index is 10.8. The van der Waals surface area contributed by atoms with E-state index in [2.05, 4.69) is 43.0 Å². The van der Waals surface area contributed by atoms with Crippen molar-refractivity contribution in [3.63, 3.8) is 0 Å². The predicted molar refractivity (Wildman–Crippen MR) is 115 cm³/mol. The van der Waals surface area contributed by atoms with Crippen molar-refractivity contribution in [3.8, 4) is 11.5 Å². The molecule has 2 aromatic rings. The lowest BCUT2D eigenvalue weighted by Gasteiger charge is -2.46. The molecule has 0 aromatic heterocycles. The molecule has 0 amide bonds. The van der Waals surface area contributed by atoms with Gasteiger partial charge < -0.3 is 14.6 Å². The van der Waals surface area contributed by atoms with Crippen LogP contribution in [0.5, 0.6) is 11.5 Å². The zero-order valence-corrected chi connectivity index (χ0v) is 17.8. The van der Waals surface area contributed by atoms with Crippen LogP contribution in [0, 0.1) is 11.8 Å². The topological polar surface area (TPSA) is 41.9 Å². The molecule has 0 saturated carbocycles. The molecule has 1 saturated heterocycles. The first-order valence-corrected chi connectivity index (χ1v) is 10.8. The molecule has 156 valence electrons. The fraction of sp³-hybridized carbons (Fsp3) is 0.520. The first-order chi connectivity index (χ1) is 14.0. The Morgan fingerprint density at radius 1 is 1.14 bits per heavy atom. The normalized spacial score (nSPS) is 24.1. The summed E-state index contributed by atoms with van der Waals surface area (Å²) >= 11 is 0. The second kappa shape index (κ2) is 8.76. The van der Waals surface area contributed by atoms with Crippen molar-refractivity contribution in [2.45, 2.75) is 51.9 Å². The van der Waals surface area contributed by atoms with Gasteiger partial charge in [0.15, 0.2) is 11.5 Å². The second-order valence-corrected chi connectivity index (χ2v) is 8.93. The van der Waals surface area contributed by atoms with E-state index in [1.807, 2.05) is 18.2 Å². The number of aliphatic hydroxyl groups is 1. The lowest BCUT2D eigenvalue weighted by Crippen LogP contribution is -2.48. The largest absolute Gasteiger partial charge is 0.493 e. The van der Waals surface area contributed by atoms with Crippen LogP contribution in [0.25, 0.3) is 0 Å². The number of hydrogen-bond acceptors (Lipinski definition) is 4. The fourth-order valence-corrected chi connectivity index (χ4v) is 4.94. The van der Waals surface area contributed by atoms with Crippen molar-refractivity contribution in [1.29, 1.82) is 0 Å². The molecule has 0 aliphatic carbocycles. The van der Waals surface area contributed by atoms with E-state index in [1.165, 1.54) is 11.1 Å². The third kappa shape index (κ3) is 4.44. The molecule has 3 atom stereocenters. The Bertz CT molecular complexity index is 820. The van der Waals surface area contributed by atoms with Crippen molar-refractivity contribution in [1.82, 2.24) is 4.90 Å². The van der Waals surface area contributed by atoms with Gasteiger partial charge in [-0.25, -0.2) is 0 Å². The molecule has 1 fully saturated rings. The van der Waals surface area contributed by atoms with E-state index in [0.717, 1.165) is 49.4 Å². The summed E-state index contributed by atoms with van der Waals surface area (Å²) in [6, 6.07) is 14.8. The van der Waals surface area contributed by atoms with E-state index in [9.17, 15) is 5.11 Å². The monoisotopic (exact) mass is 395 g/mol. The molecule has 4 heteroatoms. The van der Waals surface area contributed by atoms with Gasteiger partial charge in [0.1, 0.15) is 6.61 Å². The van der Waals surface area contributed by atoms with E-state index in [0.29, 0.717) is 18.4 Å². The van der Waals surface area contributed by atoms with E-state index >= 15 is 0 Å². The standard InChI is InChI=1S/C25H33NO3/c1-17(2)11-20-15-26-10-9-19-12-25(29-16-18-7-5-4-6-8-18)24(28-3)13-21(19)22(26)14-23(20)27/h4-8,12-13,17,20,22-23,27H,9-11,14-16H2,1-3H3. The number of rotatable bonds is 6. The molecule has 1 N–H and O–H groups in total. The average molecular weight is 396 g/mol. The van der Waals surface area contributed by atoms with Gasteiger partial charge >= 0.3 is 0 Å². The SMILES string of the molecule is COc1cc2c(cc1OCc1ccccc1)CCN1CC(CC(C)C)C(O)CC21. The Kier molecular flexibility index (Phi) is 6.12. The van der Waals surface area contributed by atoms with Crippen molar-refractivity contribution >= 4 is 0 Å². The minimum absolute atomic E-state index is 0.232. The summed E-state index contributed by atoms with van der Waals surface area (Å²) in [4.78, 5) is 2.56.